The van der Waals surface area contributed by atoms with E-state index in [4.69, 9.17) is 5.11 Å². The summed E-state index contributed by atoms with van der Waals surface area (Å²) in [6.07, 6.45) is 4.56. The molecule has 0 aromatic heterocycles. The predicted molar refractivity (Wildman–Crippen MR) is 80.7 cm³/mol. The molecule has 3 nitrogen and oxygen atoms in total. The lowest BCUT2D eigenvalue weighted by Gasteiger charge is -2.26. The summed E-state index contributed by atoms with van der Waals surface area (Å²) in [5.41, 5.74) is 1.72. The number of rotatable bonds is 5. The highest BCUT2D eigenvalue weighted by molar-refractivity contribution is 5.74. The Morgan fingerprint density at radius 1 is 1.10 bits per heavy atom. The molecule has 2 rings (SSSR count). The monoisotopic (exact) mass is 275 g/mol. The van der Waals surface area contributed by atoms with Gasteiger partial charge in [-0.15, -0.1) is 0 Å². The fraction of sp³-hybridized carbons (Fsp3) is 0.588. The molecule has 3 heteroatoms. The second kappa shape index (κ2) is 6.40. The summed E-state index contributed by atoms with van der Waals surface area (Å²) in [4.78, 5) is 13.6. The zero-order valence-corrected chi connectivity index (χ0v) is 12.6. The number of carbonyl (C=O) groups is 1. The van der Waals surface area contributed by atoms with E-state index in [1.165, 1.54) is 37.9 Å². The molecule has 1 N–H and O–H groups in total. The minimum absolute atomic E-state index is 0.576. The molecule has 0 saturated carbocycles. The van der Waals surface area contributed by atoms with Crippen molar-refractivity contribution in [3.8, 4) is 0 Å². The van der Waals surface area contributed by atoms with Crippen LogP contribution in [0.4, 0.5) is 0 Å². The molecule has 1 fully saturated rings. The van der Waals surface area contributed by atoms with Crippen molar-refractivity contribution in [3.05, 3.63) is 35.4 Å². The maximum atomic E-state index is 11.1. The number of aliphatic carboxylic acids is 1. The van der Waals surface area contributed by atoms with Crippen LogP contribution in [0.2, 0.25) is 0 Å². The molecule has 1 aliphatic rings. The van der Waals surface area contributed by atoms with E-state index in [2.05, 4.69) is 29.2 Å². The van der Waals surface area contributed by atoms with Gasteiger partial charge >= 0.3 is 5.97 Å². The van der Waals surface area contributed by atoms with Crippen LogP contribution in [-0.4, -0.2) is 29.1 Å². The number of carboxylic acids is 1. The molecule has 0 spiro atoms. The number of benzene rings is 1. The average molecular weight is 275 g/mol. The Bertz CT molecular complexity index is 445. The molecule has 0 atom stereocenters. The van der Waals surface area contributed by atoms with Gasteiger partial charge in [0.25, 0.3) is 0 Å². The summed E-state index contributed by atoms with van der Waals surface area (Å²) in [5, 5.41) is 9.17. The Morgan fingerprint density at radius 2 is 1.65 bits per heavy atom. The van der Waals surface area contributed by atoms with E-state index in [1.54, 1.807) is 13.8 Å². The molecule has 0 amide bonds. The quantitative estimate of drug-likeness (QED) is 0.896. The minimum Gasteiger partial charge on any atom is -0.481 e. The zero-order chi connectivity index (χ0) is 14.6. The second-order valence-electron chi connectivity index (χ2n) is 6.52. The summed E-state index contributed by atoms with van der Waals surface area (Å²) in [5.74, 6) is -0.741. The van der Waals surface area contributed by atoms with Crippen LogP contribution in [0.5, 0.6) is 0 Å². The Labute approximate surface area is 121 Å². The first-order chi connectivity index (χ1) is 9.47. The number of hydrogen-bond acceptors (Lipinski definition) is 2. The van der Waals surface area contributed by atoms with E-state index in [-0.39, 0.29) is 0 Å². The topological polar surface area (TPSA) is 40.5 Å². The van der Waals surface area contributed by atoms with Crippen LogP contribution >= 0.6 is 0 Å². The highest BCUT2D eigenvalue weighted by Gasteiger charge is 2.27. The summed E-state index contributed by atoms with van der Waals surface area (Å²) < 4.78 is 0. The van der Waals surface area contributed by atoms with Crippen molar-refractivity contribution in [3.63, 3.8) is 0 Å². The van der Waals surface area contributed by atoms with Crippen LogP contribution < -0.4 is 0 Å². The minimum atomic E-state index is -0.741. The molecule has 0 bridgehead atoms. The van der Waals surface area contributed by atoms with Crippen molar-refractivity contribution in [2.24, 2.45) is 5.41 Å². The highest BCUT2D eigenvalue weighted by Crippen LogP contribution is 2.22. The van der Waals surface area contributed by atoms with Crippen LogP contribution in [0.3, 0.4) is 0 Å². The molecule has 20 heavy (non-hydrogen) atoms. The van der Waals surface area contributed by atoms with Gasteiger partial charge in [-0.2, -0.15) is 0 Å². The van der Waals surface area contributed by atoms with Gasteiger partial charge in [-0.1, -0.05) is 30.7 Å². The molecule has 1 heterocycles. The van der Waals surface area contributed by atoms with Gasteiger partial charge in [0.05, 0.1) is 5.41 Å². The first kappa shape index (κ1) is 15.0. The fourth-order valence-electron chi connectivity index (χ4n) is 2.72. The molecular formula is C17H25NO2. The van der Waals surface area contributed by atoms with E-state index < -0.39 is 11.4 Å². The molecule has 1 saturated heterocycles. The van der Waals surface area contributed by atoms with Gasteiger partial charge in [0.2, 0.25) is 0 Å². The number of carboxylic acid groups (broad SMARTS) is 1. The standard InChI is InChI=1S/C17H25NO2/c1-17(2,16(19)20)12-14-6-8-15(9-7-14)13-18-10-4-3-5-11-18/h6-9H,3-5,10-13H2,1-2H3,(H,19,20). The van der Waals surface area contributed by atoms with Gasteiger partial charge in [-0.25, -0.2) is 0 Å². The van der Waals surface area contributed by atoms with Gasteiger partial charge in [0, 0.05) is 6.54 Å². The normalized spacial score (nSPS) is 17.1. The summed E-state index contributed by atoms with van der Waals surface area (Å²) in [7, 11) is 0. The molecule has 0 unspecified atom stereocenters. The van der Waals surface area contributed by atoms with E-state index in [0.29, 0.717) is 6.42 Å². The van der Waals surface area contributed by atoms with Crippen molar-refractivity contribution in [1.82, 2.24) is 4.90 Å². The lowest BCUT2D eigenvalue weighted by Crippen LogP contribution is -2.29. The number of hydrogen-bond donors (Lipinski definition) is 1. The van der Waals surface area contributed by atoms with Crippen LogP contribution in [0, 0.1) is 5.41 Å². The molecular weight excluding hydrogens is 250 g/mol. The number of nitrogens with zero attached hydrogens (tertiary/aromatic N) is 1. The van der Waals surface area contributed by atoms with Gasteiger partial charge in [-0.3, -0.25) is 9.69 Å². The Kier molecular flexibility index (Phi) is 4.81. The lowest BCUT2D eigenvalue weighted by molar-refractivity contribution is -0.146. The number of piperidine rings is 1. The highest BCUT2D eigenvalue weighted by atomic mass is 16.4. The molecule has 1 aromatic carbocycles. The third-order valence-corrected chi connectivity index (χ3v) is 4.10. The first-order valence-electron chi connectivity index (χ1n) is 7.51. The number of likely N-dealkylation sites (tertiary alicyclic amines) is 1. The van der Waals surface area contributed by atoms with Crippen molar-refractivity contribution < 1.29 is 9.90 Å². The molecule has 0 radical (unpaired) electrons. The van der Waals surface area contributed by atoms with Crippen molar-refractivity contribution >= 4 is 5.97 Å². The van der Waals surface area contributed by atoms with Crippen LogP contribution in [0.1, 0.15) is 44.2 Å². The van der Waals surface area contributed by atoms with Gasteiger partial charge < -0.3 is 5.11 Å². The Hall–Kier alpha value is -1.35. The maximum absolute atomic E-state index is 11.1. The SMILES string of the molecule is CC(C)(Cc1ccc(CN2CCCCC2)cc1)C(=O)O. The van der Waals surface area contributed by atoms with Crippen LogP contribution in [-0.2, 0) is 17.8 Å². The average Bonchev–Trinajstić information content (AvgIpc) is 2.42. The Balaban J connectivity index is 1.94. The van der Waals surface area contributed by atoms with E-state index in [9.17, 15) is 4.79 Å². The van der Waals surface area contributed by atoms with Gasteiger partial charge in [0.1, 0.15) is 0 Å². The third kappa shape index (κ3) is 4.07. The summed E-state index contributed by atoms with van der Waals surface area (Å²) >= 11 is 0. The zero-order valence-electron chi connectivity index (χ0n) is 12.6. The first-order valence-corrected chi connectivity index (χ1v) is 7.51. The molecule has 0 aliphatic carbocycles. The Morgan fingerprint density at radius 3 is 2.20 bits per heavy atom. The van der Waals surface area contributed by atoms with Gasteiger partial charge in [-0.05, 0) is 57.3 Å². The smallest absolute Gasteiger partial charge is 0.309 e. The van der Waals surface area contributed by atoms with Crippen LogP contribution in [0.15, 0.2) is 24.3 Å². The van der Waals surface area contributed by atoms with E-state index in [1.807, 2.05) is 0 Å². The third-order valence-electron chi connectivity index (χ3n) is 4.10. The molecule has 110 valence electrons. The second-order valence-corrected chi connectivity index (χ2v) is 6.52. The molecule has 1 aromatic rings. The summed E-state index contributed by atoms with van der Waals surface area (Å²) in [6.45, 7) is 6.97. The maximum Gasteiger partial charge on any atom is 0.309 e. The van der Waals surface area contributed by atoms with Crippen LogP contribution in [0.25, 0.3) is 0 Å². The fourth-order valence-corrected chi connectivity index (χ4v) is 2.72. The largest absolute Gasteiger partial charge is 0.481 e. The van der Waals surface area contributed by atoms with Crippen molar-refractivity contribution in [2.45, 2.75) is 46.1 Å². The molecule has 1 aliphatic heterocycles. The van der Waals surface area contributed by atoms with Gasteiger partial charge in [0.15, 0.2) is 0 Å². The predicted octanol–water partition coefficient (Wildman–Crippen LogP) is 3.33. The van der Waals surface area contributed by atoms with E-state index >= 15 is 0 Å². The van der Waals surface area contributed by atoms with Crippen molar-refractivity contribution in [2.75, 3.05) is 13.1 Å². The lowest BCUT2D eigenvalue weighted by atomic mass is 9.86. The van der Waals surface area contributed by atoms with Crippen molar-refractivity contribution in [1.29, 1.82) is 0 Å². The summed E-state index contributed by atoms with van der Waals surface area (Å²) in [6, 6.07) is 8.43. The van der Waals surface area contributed by atoms with E-state index in [0.717, 1.165) is 12.1 Å².